The van der Waals surface area contributed by atoms with Gasteiger partial charge in [0.25, 0.3) is 0 Å². The highest BCUT2D eigenvalue weighted by Crippen LogP contribution is 2.34. The summed E-state index contributed by atoms with van der Waals surface area (Å²) in [6, 6.07) is 2.41. The van der Waals surface area contributed by atoms with Crippen molar-refractivity contribution in [3.05, 3.63) is 28.5 Å². The molecule has 22 heavy (non-hydrogen) atoms. The Bertz CT molecular complexity index is 586. The minimum atomic E-state index is -1.56. The fourth-order valence-electron chi connectivity index (χ4n) is 1.83. The quantitative estimate of drug-likeness (QED) is 0.858. The van der Waals surface area contributed by atoms with E-state index < -0.39 is 23.1 Å². The first kappa shape index (κ1) is 18.2. The molecule has 0 bridgehead atoms. The second-order valence-electron chi connectivity index (χ2n) is 5.92. The van der Waals surface area contributed by atoms with Gasteiger partial charge in [-0.15, -0.1) is 0 Å². The molecule has 5 nitrogen and oxygen atoms in total. The van der Waals surface area contributed by atoms with Gasteiger partial charge in [0.1, 0.15) is 17.4 Å². The molecule has 1 unspecified atom stereocenters. The van der Waals surface area contributed by atoms with E-state index in [-0.39, 0.29) is 16.3 Å². The van der Waals surface area contributed by atoms with E-state index in [1.165, 1.54) is 20.1 Å². The molecule has 0 heterocycles. The lowest BCUT2D eigenvalue weighted by atomic mass is 9.92. The van der Waals surface area contributed by atoms with Crippen LogP contribution in [-0.2, 0) is 15.1 Å². The molecule has 0 aliphatic rings. The van der Waals surface area contributed by atoms with Crippen molar-refractivity contribution in [1.82, 2.24) is 5.32 Å². The van der Waals surface area contributed by atoms with Crippen LogP contribution in [0.25, 0.3) is 0 Å². The minimum Gasteiger partial charge on any atom is -0.493 e. The summed E-state index contributed by atoms with van der Waals surface area (Å²) in [6.07, 6.45) is -0.352. The smallest absolute Gasteiger partial charge is 0.408 e. The molecule has 1 rings (SSSR count). The predicted octanol–water partition coefficient (Wildman–Crippen LogP) is 3.43. The fraction of sp³-hybridized carbons (Fsp3) is 0.467. The topological polar surface area (TPSA) is 64.6 Å². The van der Waals surface area contributed by atoms with Crippen molar-refractivity contribution in [2.75, 3.05) is 7.11 Å². The van der Waals surface area contributed by atoms with Crippen LogP contribution in [-0.4, -0.2) is 25.1 Å². The molecule has 1 atom stereocenters. The summed E-state index contributed by atoms with van der Waals surface area (Å²) in [4.78, 5) is 23.4. The molecule has 122 valence electrons. The molecule has 0 aromatic heterocycles. The van der Waals surface area contributed by atoms with Gasteiger partial charge in [-0.1, -0.05) is 11.6 Å². The van der Waals surface area contributed by atoms with Gasteiger partial charge in [0, 0.05) is 10.6 Å². The first-order valence-electron chi connectivity index (χ1n) is 6.53. The minimum absolute atomic E-state index is 0.0763. The molecule has 0 radical (unpaired) electrons. The van der Waals surface area contributed by atoms with Crippen LogP contribution in [0.4, 0.5) is 9.18 Å². The maximum atomic E-state index is 13.9. The lowest BCUT2D eigenvalue weighted by Gasteiger charge is -2.29. The Morgan fingerprint density at radius 1 is 1.32 bits per heavy atom. The summed E-state index contributed by atoms with van der Waals surface area (Å²) < 4.78 is 24.0. The largest absolute Gasteiger partial charge is 0.493 e. The van der Waals surface area contributed by atoms with Crippen molar-refractivity contribution >= 4 is 24.0 Å². The lowest BCUT2D eigenvalue weighted by Crippen LogP contribution is -2.47. The van der Waals surface area contributed by atoms with Crippen molar-refractivity contribution in [2.24, 2.45) is 0 Å². The van der Waals surface area contributed by atoms with Crippen LogP contribution < -0.4 is 10.1 Å². The maximum Gasteiger partial charge on any atom is 0.408 e. The van der Waals surface area contributed by atoms with E-state index >= 15 is 0 Å². The summed E-state index contributed by atoms with van der Waals surface area (Å²) in [5.74, 6) is -0.904. The highest BCUT2D eigenvalue weighted by Gasteiger charge is 2.34. The van der Waals surface area contributed by atoms with E-state index in [1.807, 2.05) is 0 Å². The van der Waals surface area contributed by atoms with Gasteiger partial charge in [-0.2, -0.15) is 0 Å². The number of amides is 1. The SMILES string of the molecule is COc1c(F)cc(Cl)cc1C(C)(C=O)NC(=O)OC(C)(C)C. The Morgan fingerprint density at radius 3 is 2.36 bits per heavy atom. The zero-order chi connectivity index (χ0) is 17.1. The number of rotatable bonds is 4. The van der Waals surface area contributed by atoms with Gasteiger partial charge in [-0.05, 0) is 39.8 Å². The molecular weight excluding hydrogens is 313 g/mol. The van der Waals surface area contributed by atoms with Gasteiger partial charge in [0.2, 0.25) is 0 Å². The molecular formula is C15H19ClFNO4. The van der Waals surface area contributed by atoms with Crippen LogP contribution in [0.5, 0.6) is 5.75 Å². The number of hydrogen-bond donors (Lipinski definition) is 1. The van der Waals surface area contributed by atoms with E-state index in [1.54, 1.807) is 20.8 Å². The number of ether oxygens (including phenoxy) is 2. The number of carbonyl (C=O) groups excluding carboxylic acids is 2. The third-order valence-electron chi connectivity index (χ3n) is 2.77. The number of carbonyl (C=O) groups is 2. The summed E-state index contributed by atoms with van der Waals surface area (Å²) in [5, 5.41) is 2.49. The molecule has 0 saturated carbocycles. The Morgan fingerprint density at radius 2 is 1.91 bits per heavy atom. The van der Waals surface area contributed by atoms with Crippen molar-refractivity contribution in [3.63, 3.8) is 0 Å². The second-order valence-corrected chi connectivity index (χ2v) is 6.35. The summed E-state index contributed by atoms with van der Waals surface area (Å²) in [7, 11) is 1.26. The number of halogens is 2. The highest BCUT2D eigenvalue weighted by molar-refractivity contribution is 6.30. The highest BCUT2D eigenvalue weighted by atomic mass is 35.5. The van der Waals surface area contributed by atoms with E-state index in [0.29, 0.717) is 6.29 Å². The van der Waals surface area contributed by atoms with Gasteiger partial charge in [-0.25, -0.2) is 9.18 Å². The van der Waals surface area contributed by atoms with Crippen LogP contribution in [0, 0.1) is 5.82 Å². The summed E-state index contributed by atoms with van der Waals surface area (Å²) in [6.45, 7) is 6.46. The van der Waals surface area contributed by atoms with Gasteiger partial charge in [0.15, 0.2) is 11.6 Å². The van der Waals surface area contributed by atoms with E-state index in [2.05, 4.69) is 5.32 Å². The van der Waals surface area contributed by atoms with Gasteiger partial charge >= 0.3 is 6.09 Å². The number of nitrogens with one attached hydrogen (secondary N) is 1. The fourth-order valence-corrected chi connectivity index (χ4v) is 2.03. The molecule has 1 N–H and O–H groups in total. The number of hydrogen-bond acceptors (Lipinski definition) is 4. The Hall–Kier alpha value is -1.82. The zero-order valence-corrected chi connectivity index (χ0v) is 13.9. The summed E-state index contributed by atoms with van der Waals surface area (Å²) >= 11 is 5.83. The molecule has 7 heteroatoms. The number of methoxy groups -OCH3 is 1. The average Bonchev–Trinajstić information content (AvgIpc) is 2.35. The first-order chi connectivity index (χ1) is 10.0. The van der Waals surface area contributed by atoms with Crippen LogP contribution in [0.3, 0.4) is 0 Å². The predicted molar refractivity (Wildman–Crippen MR) is 80.7 cm³/mol. The number of aldehydes is 1. The van der Waals surface area contributed by atoms with Crippen LogP contribution in [0.15, 0.2) is 12.1 Å². The molecule has 1 amide bonds. The van der Waals surface area contributed by atoms with Gasteiger partial charge < -0.3 is 19.6 Å². The van der Waals surface area contributed by atoms with Crippen molar-refractivity contribution in [2.45, 2.75) is 38.8 Å². The van der Waals surface area contributed by atoms with Crippen LogP contribution >= 0.6 is 11.6 Å². The third kappa shape index (κ3) is 4.34. The Balaban J connectivity index is 3.24. The molecule has 0 spiro atoms. The Kier molecular flexibility index (Phi) is 5.40. The molecule has 1 aromatic rings. The van der Waals surface area contributed by atoms with Crippen LogP contribution in [0.1, 0.15) is 33.3 Å². The summed E-state index contributed by atoms with van der Waals surface area (Å²) in [5.41, 5.74) is -2.20. The standard InChI is InChI=1S/C15H19ClFNO4/c1-14(2,3)22-13(20)18-15(4,8-19)10-6-9(16)7-11(17)12(10)21-5/h6-8H,1-5H3,(H,18,20). The number of benzene rings is 1. The van der Waals surface area contributed by atoms with E-state index in [9.17, 15) is 14.0 Å². The lowest BCUT2D eigenvalue weighted by molar-refractivity contribution is -0.113. The zero-order valence-electron chi connectivity index (χ0n) is 13.1. The van der Waals surface area contributed by atoms with E-state index in [0.717, 1.165) is 6.07 Å². The monoisotopic (exact) mass is 331 g/mol. The van der Waals surface area contributed by atoms with E-state index in [4.69, 9.17) is 21.1 Å². The molecule has 0 fully saturated rings. The van der Waals surface area contributed by atoms with Crippen molar-refractivity contribution < 1.29 is 23.5 Å². The average molecular weight is 332 g/mol. The molecule has 0 aliphatic heterocycles. The molecule has 1 aromatic carbocycles. The normalized spacial score (nSPS) is 14.0. The Labute approximate surface area is 133 Å². The van der Waals surface area contributed by atoms with Crippen molar-refractivity contribution in [3.8, 4) is 5.75 Å². The van der Waals surface area contributed by atoms with Gasteiger partial charge in [0.05, 0.1) is 7.11 Å². The maximum absolute atomic E-state index is 13.9. The van der Waals surface area contributed by atoms with Gasteiger partial charge in [-0.3, -0.25) is 0 Å². The first-order valence-corrected chi connectivity index (χ1v) is 6.91. The van der Waals surface area contributed by atoms with Crippen LogP contribution in [0.2, 0.25) is 5.02 Å². The second kappa shape index (κ2) is 6.52. The molecule has 0 aliphatic carbocycles. The van der Waals surface area contributed by atoms with Crippen molar-refractivity contribution in [1.29, 1.82) is 0 Å². The molecule has 0 saturated heterocycles. The third-order valence-corrected chi connectivity index (χ3v) is 2.99. The number of alkyl carbamates (subject to hydrolysis) is 1.